The number of hydrogen-bond donors (Lipinski definition) is 2. The third-order valence-electron chi connectivity index (χ3n) is 3.09. The smallest absolute Gasteiger partial charge is 0.113 e. The van der Waals surface area contributed by atoms with Gasteiger partial charge < -0.3 is 10.2 Å². The van der Waals surface area contributed by atoms with Crippen LogP contribution in [0.5, 0.6) is 0 Å². The Morgan fingerprint density at radius 2 is 1.93 bits per heavy atom. The Morgan fingerprint density at radius 3 is 2.60 bits per heavy atom. The number of benzene rings is 1. The van der Waals surface area contributed by atoms with E-state index in [2.05, 4.69) is 0 Å². The van der Waals surface area contributed by atoms with Crippen LogP contribution in [0.1, 0.15) is 24.8 Å². The van der Waals surface area contributed by atoms with Gasteiger partial charge in [0.05, 0.1) is 6.61 Å². The minimum Gasteiger partial charge on any atom is -0.392 e. The van der Waals surface area contributed by atoms with E-state index in [0.717, 1.165) is 24.0 Å². The summed E-state index contributed by atoms with van der Waals surface area (Å²) < 4.78 is 0. The molecule has 0 heterocycles. The average molecular weight is 204 g/mol. The third-order valence-corrected chi connectivity index (χ3v) is 3.09. The van der Waals surface area contributed by atoms with E-state index in [0.29, 0.717) is 6.42 Å². The normalized spacial score (nSPS) is 26.1. The molecule has 0 saturated carbocycles. The Balaban J connectivity index is 2.40. The van der Waals surface area contributed by atoms with Crippen LogP contribution in [-0.2, 0) is 5.60 Å². The summed E-state index contributed by atoms with van der Waals surface area (Å²) in [5.41, 5.74) is 0.666. The molecule has 2 N–H and O–H groups in total. The van der Waals surface area contributed by atoms with Crippen LogP contribution in [-0.4, -0.2) is 16.8 Å². The highest BCUT2D eigenvalue weighted by Crippen LogP contribution is 2.37. The van der Waals surface area contributed by atoms with Crippen LogP contribution in [0.3, 0.4) is 0 Å². The minimum atomic E-state index is -0.950. The topological polar surface area (TPSA) is 40.5 Å². The van der Waals surface area contributed by atoms with Gasteiger partial charge in [-0.1, -0.05) is 36.4 Å². The molecule has 1 unspecified atom stereocenters. The summed E-state index contributed by atoms with van der Waals surface area (Å²) >= 11 is 0. The lowest BCUT2D eigenvalue weighted by Gasteiger charge is -2.33. The van der Waals surface area contributed by atoms with Gasteiger partial charge in [-0.3, -0.25) is 0 Å². The van der Waals surface area contributed by atoms with Gasteiger partial charge in [0.1, 0.15) is 5.60 Å². The van der Waals surface area contributed by atoms with Crippen molar-refractivity contribution in [2.45, 2.75) is 24.9 Å². The highest BCUT2D eigenvalue weighted by atomic mass is 16.3. The van der Waals surface area contributed by atoms with Gasteiger partial charge in [0.25, 0.3) is 0 Å². The molecule has 1 aromatic rings. The lowest BCUT2D eigenvalue weighted by atomic mass is 9.78. The predicted octanol–water partition coefficient (Wildman–Crippen LogP) is 1.98. The summed E-state index contributed by atoms with van der Waals surface area (Å²) in [7, 11) is 0. The molecule has 1 aromatic carbocycles. The van der Waals surface area contributed by atoms with Crippen molar-refractivity contribution in [1.29, 1.82) is 0 Å². The summed E-state index contributed by atoms with van der Waals surface area (Å²) in [6.45, 7) is -0.0641. The lowest BCUT2D eigenvalue weighted by Crippen LogP contribution is -2.32. The monoisotopic (exact) mass is 204 g/mol. The highest BCUT2D eigenvalue weighted by molar-refractivity contribution is 5.34. The fraction of sp³-hybridized carbons (Fsp3) is 0.385. The molecule has 1 aliphatic rings. The maximum atomic E-state index is 10.6. The van der Waals surface area contributed by atoms with Crippen LogP contribution in [0, 0.1) is 0 Å². The van der Waals surface area contributed by atoms with Gasteiger partial charge in [0.2, 0.25) is 0 Å². The largest absolute Gasteiger partial charge is 0.392 e. The summed E-state index contributed by atoms with van der Waals surface area (Å²) in [5, 5.41) is 19.8. The van der Waals surface area contributed by atoms with Crippen LogP contribution in [0.2, 0.25) is 0 Å². The molecule has 0 bridgehead atoms. The molecule has 0 fully saturated rings. The van der Waals surface area contributed by atoms with E-state index >= 15 is 0 Å². The molecule has 2 nitrogen and oxygen atoms in total. The Morgan fingerprint density at radius 1 is 1.20 bits per heavy atom. The molecule has 0 amide bonds. The second-order valence-electron chi connectivity index (χ2n) is 4.01. The quantitative estimate of drug-likeness (QED) is 0.723. The molecule has 0 spiro atoms. The first-order valence-electron chi connectivity index (χ1n) is 5.35. The molecule has 1 aliphatic carbocycles. The van der Waals surface area contributed by atoms with E-state index in [1.807, 2.05) is 36.4 Å². The van der Waals surface area contributed by atoms with Crippen molar-refractivity contribution in [3.05, 3.63) is 47.5 Å². The van der Waals surface area contributed by atoms with Crippen LogP contribution < -0.4 is 0 Å². The molecule has 15 heavy (non-hydrogen) atoms. The van der Waals surface area contributed by atoms with Gasteiger partial charge in [-0.05, 0) is 30.4 Å². The fourth-order valence-corrected chi connectivity index (χ4v) is 2.20. The van der Waals surface area contributed by atoms with Gasteiger partial charge in [0.15, 0.2) is 0 Å². The molecule has 80 valence electrons. The Kier molecular flexibility index (Phi) is 2.89. The Hall–Kier alpha value is -1.12. The lowest BCUT2D eigenvalue weighted by molar-refractivity contribution is 0.0468. The zero-order valence-electron chi connectivity index (χ0n) is 8.69. The predicted molar refractivity (Wildman–Crippen MR) is 59.4 cm³/mol. The van der Waals surface area contributed by atoms with Crippen molar-refractivity contribution in [2.24, 2.45) is 0 Å². The molecule has 0 aliphatic heterocycles. The Labute approximate surface area is 89.9 Å². The zero-order valence-corrected chi connectivity index (χ0v) is 8.69. The molecule has 0 aromatic heterocycles. The second kappa shape index (κ2) is 4.17. The minimum absolute atomic E-state index is 0.0641. The van der Waals surface area contributed by atoms with Gasteiger partial charge in [-0.2, -0.15) is 0 Å². The first-order valence-corrected chi connectivity index (χ1v) is 5.35. The van der Waals surface area contributed by atoms with Crippen LogP contribution in [0.25, 0.3) is 0 Å². The van der Waals surface area contributed by atoms with Gasteiger partial charge in [-0.15, -0.1) is 0 Å². The standard InChI is InChI=1S/C13H16O2/c14-10-12-8-4-5-9-13(12,15)11-6-2-1-3-7-11/h1-3,6-8,14-15H,4-5,9-10H2. The van der Waals surface area contributed by atoms with Crippen molar-refractivity contribution in [3.8, 4) is 0 Å². The van der Waals surface area contributed by atoms with E-state index in [1.54, 1.807) is 0 Å². The van der Waals surface area contributed by atoms with Gasteiger partial charge in [-0.25, -0.2) is 0 Å². The van der Waals surface area contributed by atoms with Crippen LogP contribution in [0.15, 0.2) is 42.0 Å². The maximum absolute atomic E-state index is 10.6. The molecule has 1 atom stereocenters. The second-order valence-corrected chi connectivity index (χ2v) is 4.01. The molecular weight excluding hydrogens is 188 g/mol. The van der Waals surface area contributed by atoms with Crippen LogP contribution >= 0.6 is 0 Å². The molecule has 2 rings (SSSR count). The number of hydrogen-bond acceptors (Lipinski definition) is 2. The van der Waals surface area contributed by atoms with E-state index in [9.17, 15) is 10.2 Å². The SMILES string of the molecule is OCC1=CCCCC1(O)c1ccccc1. The highest BCUT2D eigenvalue weighted by Gasteiger charge is 2.34. The van der Waals surface area contributed by atoms with E-state index in [1.165, 1.54) is 0 Å². The number of allylic oxidation sites excluding steroid dienone is 1. The third kappa shape index (κ3) is 1.83. The summed E-state index contributed by atoms with van der Waals surface area (Å²) in [6, 6.07) is 9.58. The van der Waals surface area contributed by atoms with Crippen molar-refractivity contribution in [1.82, 2.24) is 0 Å². The Bertz CT molecular complexity index is 356. The van der Waals surface area contributed by atoms with Gasteiger partial charge >= 0.3 is 0 Å². The average Bonchev–Trinajstić information content (AvgIpc) is 2.31. The first kappa shape index (κ1) is 10.4. The summed E-state index contributed by atoms with van der Waals surface area (Å²) in [6.07, 6.45) is 4.57. The zero-order chi connectivity index (χ0) is 10.7. The number of aliphatic hydroxyl groups is 2. The van der Waals surface area contributed by atoms with Crippen molar-refractivity contribution in [3.63, 3.8) is 0 Å². The fourth-order valence-electron chi connectivity index (χ4n) is 2.20. The van der Waals surface area contributed by atoms with E-state index < -0.39 is 5.60 Å². The first-order chi connectivity index (χ1) is 7.27. The summed E-state index contributed by atoms with van der Waals surface area (Å²) in [4.78, 5) is 0. The number of aliphatic hydroxyl groups excluding tert-OH is 1. The van der Waals surface area contributed by atoms with Crippen molar-refractivity contribution in [2.75, 3.05) is 6.61 Å². The molecular formula is C13H16O2. The molecule has 0 saturated heterocycles. The van der Waals surface area contributed by atoms with Crippen molar-refractivity contribution < 1.29 is 10.2 Å². The number of rotatable bonds is 2. The van der Waals surface area contributed by atoms with Crippen LogP contribution in [0.4, 0.5) is 0 Å². The maximum Gasteiger partial charge on any atom is 0.113 e. The molecule has 0 radical (unpaired) electrons. The van der Waals surface area contributed by atoms with E-state index in [-0.39, 0.29) is 6.61 Å². The summed E-state index contributed by atoms with van der Waals surface area (Å²) in [5.74, 6) is 0. The van der Waals surface area contributed by atoms with Crippen molar-refractivity contribution >= 4 is 0 Å². The van der Waals surface area contributed by atoms with E-state index in [4.69, 9.17) is 0 Å². The van der Waals surface area contributed by atoms with Gasteiger partial charge in [0, 0.05) is 0 Å². The molecule has 2 heteroatoms.